The number of fused-ring (bicyclic) bond motifs is 1. The van der Waals surface area contributed by atoms with Gasteiger partial charge in [0.05, 0.1) is 11.3 Å². The van der Waals surface area contributed by atoms with E-state index in [-0.39, 0.29) is 17.9 Å². The molecule has 2 aromatic carbocycles. The SMILES string of the molecule is O=C(NCCc1csc2nc(-c3cccc(F)c3)nn12)c1ccc(F)cc1F. The van der Waals surface area contributed by atoms with E-state index in [1.165, 1.54) is 23.5 Å². The highest BCUT2D eigenvalue weighted by Crippen LogP contribution is 2.21. The van der Waals surface area contributed by atoms with Crippen LogP contribution in [0.3, 0.4) is 0 Å². The van der Waals surface area contributed by atoms with Crippen LogP contribution in [-0.4, -0.2) is 27.0 Å². The summed E-state index contributed by atoms with van der Waals surface area (Å²) < 4.78 is 41.6. The predicted octanol–water partition coefficient (Wildman–Crippen LogP) is 3.85. The van der Waals surface area contributed by atoms with E-state index < -0.39 is 17.5 Å². The van der Waals surface area contributed by atoms with Gasteiger partial charge in [-0.2, -0.15) is 4.98 Å². The van der Waals surface area contributed by atoms with Gasteiger partial charge < -0.3 is 5.32 Å². The van der Waals surface area contributed by atoms with Gasteiger partial charge in [-0.15, -0.1) is 16.4 Å². The molecule has 0 saturated carbocycles. The van der Waals surface area contributed by atoms with E-state index in [1.807, 2.05) is 5.38 Å². The van der Waals surface area contributed by atoms with E-state index in [0.29, 0.717) is 28.8 Å². The van der Waals surface area contributed by atoms with Crippen molar-refractivity contribution < 1.29 is 18.0 Å². The monoisotopic (exact) mass is 402 g/mol. The minimum atomic E-state index is -0.911. The summed E-state index contributed by atoms with van der Waals surface area (Å²) in [4.78, 5) is 17.1. The van der Waals surface area contributed by atoms with Crippen molar-refractivity contribution >= 4 is 22.2 Å². The third-order valence-electron chi connectivity index (χ3n) is 4.08. The predicted molar refractivity (Wildman–Crippen MR) is 98.7 cm³/mol. The maximum Gasteiger partial charge on any atom is 0.254 e. The van der Waals surface area contributed by atoms with E-state index in [0.717, 1.165) is 17.8 Å². The Morgan fingerprint density at radius 1 is 1.11 bits per heavy atom. The van der Waals surface area contributed by atoms with Gasteiger partial charge in [-0.25, -0.2) is 17.7 Å². The standard InChI is InChI=1S/C19H13F3N4OS/c20-12-3-1-2-11(8-12)17-24-19-26(25-17)14(10-28-19)6-7-23-18(27)15-5-4-13(21)9-16(15)22/h1-5,8-10H,6-7H2,(H,23,27). The number of aromatic nitrogens is 3. The largest absolute Gasteiger partial charge is 0.352 e. The first kappa shape index (κ1) is 18.2. The molecule has 1 N–H and O–H groups in total. The molecule has 0 bridgehead atoms. The number of halogens is 3. The van der Waals surface area contributed by atoms with Crippen LogP contribution in [0.4, 0.5) is 13.2 Å². The first-order chi connectivity index (χ1) is 13.5. The molecule has 0 fully saturated rings. The average molecular weight is 402 g/mol. The van der Waals surface area contributed by atoms with Crippen molar-refractivity contribution in [2.24, 2.45) is 0 Å². The van der Waals surface area contributed by atoms with Crippen LogP contribution in [0.1, 0.15) is 16.1 Å². The fraction of sp³-hybridized carbons (Fsp3) is 0.105. The highest BCUT2D eigenvalue weighted by atomic mass is 32.1. The Hall–Kier alpha value is -3.20. The quantitative estimate of drug-likeness (QED) is 0.552. The van der Waals surface area contributed by atoms with Gasteiger partial charge in [0, 0.05) is 30.0 Å². The Bertz CT molecular complexity index is 1170. The number of nitrogens with zero attached hydrogens (tertiary/aromatic N) is 3. The van der Waals surface area contributed by atoms with Crippen molar-refractivity contribution in [3.05, 3.63) is 76.6 Å². The molecular weight excluding hydrogens is 389 g/mol. The third kappa shape index (κ3) is 3.61. The zero-order chi connectivity index (χ0) is 19.7. The number of amides is 1. The van der Waals surface area contributed by atoms with Gasteiger partial charge in [-0.1, -0.05) is 12.1 Å². The zero-order valence-corrected chi connectivity index (χ0v) is 15.1. The van der Waals surface area contributed by atoms with Gasteiger partial charge in [0.15, 0.2) is 5.82 Å². The summed E-state index contributed by atoms with van der Waals surface area (Å²) in [6, 6.07) is 8.82. The number of rotatable bonds is 5. The van der Waals surface area contributed by atoms with E-state index in [9.17, 15) is 18.0 Å². The number of carbonyl (C=O) groups is 1. The second kappa shape index (κ2) is 7.43. The lowest BCUT2D eigenvalue weighted by atomic mass is 10.2. The third-order valence-corrected chi connectivity index (χ3v) is 4.94. The molecule has 28 heavy (non-hydrogen) atoms. The second-order valence-electron chi connectivity index (χ2n) is 6.00. The molecule has 142 valence electrons. The topological polar surface area (TPSA) is 59.3 Å². The molecule has 0 aliphatic heterocycles. The van der Waals surface area contributed by atoms with E-state index in [4.69, 9.17) is 0 Å². The molecule has 0 atom stereocenters. The van der Waals surface area contributed by atoms with Crippen molar-refractivity contribution in [1.29, 1.82) is 0 Å². The van der Waals surface area contributed by atoms with Crippen molar-refractivity contribution in [1.82, 2.24) is 19.9 Å². The summed E-state index contributed by atoms with van der Waals surface area (Å²) >= 11 is 1.37. The van der Waals surface area contributed by atoms with Crippen molar-refractivity contribution in [2.45, 2.75) is 6.42 Å². The van der Waals surface area contributed by atoms with Crippen LogP contribution in [0, 0.1) is 17.5 Å². The Morgan fingerprint density at radius 3 is 2.71 bits per heavy atom. The van der Waals surface area contributed by atoms with Gasteiger partial charge >= 0.3 is 0 Å². The van der Waals surface area contributed by atoms with E-state index >= 15 is 0 Å². The number of benzene rings is 2. The Balaban J connectivity index is 1.46. The molecule has 0 unspecified atom stereocenters. The second-order valence-corrected chi connectivity index (χ2v) is 6.83. The lowest BCUT2D eigenvalue weighted by molar-refractivity contribution is 0.0950. The van der Waals surface area contributed by atoms with Crippen LogP contribution in [0.25, 0.3) is 16.3 Å². The average Bonchev–Trinajstić information content (AvgIpc) is 3.23. The van der Waals surface area contributed by atoms with Gasteiger partial charge in [0.2, 0.25) is 4.96 Å². The van der Waals surface area contributed by atoms with E-state index in [1.54, 1.807) is 16.6 Å². The van der Waals surface area contributed by atoms with E-state index in [2.05, 4.69) is 15.4 Å². The van der Waals surface area contributed by atoms with Crippen LogP contribution in [0.5, 0.6) is 0 Å². The summed E-state index contributed by atoms with van der Waals surface area (Å²) in [7, 11) is 0. The minimum absolute atomic E-state index is 0.217. The molecule has 0 saturated heterocycles. The van der Waals surface area contributed by atoms with Crippen LogP contribution in [0.2, 0.25) is 0 Å². The van der Waals surface area contributed by atoms with Gasteiger partial charge in [-0.3, -0.25) is 4.79 Å². The maximum absolute atomic E-state index is 13.7. The van der Waals surface area contributed by atoms with Crippen LogP contribution >= 0.6 is 11.3 Å². The molecule has 0 spiro atoms. The number of thiazole rings is 1. The van der Waals surface area contributed by atoms with Crippen LogP contribution in [0.15, 0.2) is 47.8 Å². The number of hydrogen-bond donors (Lipinski definition) is 1. The molecule has 0 radical (unpaired) electrons. The van der Waals surface area contributed by atoms with Gasteiger partial charge in [-0.05, 0) is 24.3 Å². The summed E-state index contributed by atoms with van der Waals surface area (Å²) in [6.07, 6.45) is 0.431. The molecule has 2 heterocycles. The summed E-state index contributed by atoms with van der Waals surface area (Å²) in [5.41, 5.74) is 1.16. The lowest BCUT2D eigenvalue weighted by Gasteiger charge is -2.05. The normalized spacial score (nSPS) is 11.1. The Morgan fingerprint density at radius 2 is 1.93 bits per heavy atom. The highest BCUT2D eigenvalue weighted by molar-refractivity contribution is 7.15. The Kier molecular flexibility index (Phi) is 4.82. The Labute approximate surface area is 161 Å². The van der Waals surface area contributed by atoms with Crippen molar-refractivity contribution in [3.63, 3.8) is 0 Å². The number of nitrogens with one attached hydrogen (secondary N) is 1. The minimum Gasteiger partial charge on any atom is -0.352 e. The number of hydrogen-bond acceptors (Lipinski definition) is 4. The van der Waals surface area contributed by atoms with Crippen LogP contribution in [-0.2, 0) is 6.42 Å². The molecule has 4 aromatic rings. The number of carbonyl (C=O) groups excluding carboxylic acids is 1. The van der Waals surface area contributed by atoms with Crippen molar-refractivity contribution in [3.8, 4) is 11.4 Å². The van der Waals surface area contributed by atoms with Gasteiger partial charge in [0.25, 0.3) is 5.91 Å². The zero-order valence-electron chi connectivity index (χ0n) is 14.3. The summed E-state index contributed by atoms with van der Waals surface area (Å²) in [5.74, 6) is -2.24. The van der Waals surface area contributed by atoms with Gasteiger partial charge in [0.1, 0.15) is 17.5 Å². The molecule has 0 aliphatic carbocycles. The van der Waals surface area contributed by atoms with Crippen LogP contribution < -0.4 is 5.32 Å². The first-order valence-electron chi connectivity index (χ1n) is 8.33. The molecule has 9 heteroatoms. The lowest BCUT2D eigenvalue weighted by Crippen LogP contribution is -2.26. The summed E-state index contributed by atoms with van der Waals surface area (Å²) in [6.45, 7) is 0.233. The van der Waals surface area contributed by atoms with Crippen molar-refractivity contribution in [2.75, 3.05) is 6.54 Å². The molecule has 4 rings (SSSR count). The molecular formula is C19H13F3N4OS. The fourth-order valence-electron chi connectivity index (χ4n) is 2.72. The fourth-order valence-corrected chi connectivity index (χ4v) is 3.58. The molecule has 5 nitrogen and oxygen atoms in total. The highest BCUT2D eigenvalue weighted by Gasteiger charge is 2.14. The molecule has 0 aliphatic rings. The first-order valence-corrected chi connectivity index (χ1v) is 9.21. The maximum atomic E-state index is 13.7. The molecule has 2 aromatic heterocycles. The smallest absolute Gasteiger partial charge is 0.254 e. The molecule has 1 amide bonds. The summed E-state index contributed by atoms with van der Waals surface area (Å²) in [5, 5.41) is 8.86.